The highest BCUT2D eigenvalue weighted by Gasteiger charge is 2.29. The van der Waals surface area contributed by atoms with E-state index in [1.165, 1.54) is 6.07 Å². The second-order valence-corrected chi connectivity index (χ2v) is 10.4. The third-order valence-electron chi connectivity index (χ3n) is 5.73. The number of imide groups is 1. The van der Waals surface area contributed by atoms with Crippen LogP contribution in [0.15, 0.2) is 30.4 Å². The van der Waals surface area contributed by atoms with Gasteiger partial charge in [0.05, 0.1) is 12.4 Å². The lowest BCUT2D eigenvalue weighted by Gasteiger charge is -2.18. The SMILES string of the molecule is CC[C@@H](NS(=O)(=O)CC/C=C/CCC1CC(=O)NC1=O)c1ccc(F)c(OCC2CC2)c1. The molecule has 2 amide bonds. The first-order chi connectivity index (χ1) is 15.3. The van der Waals surface area contributed by atoms with Crippen LogP contribution >= 0.6 is 0 Å². The van der Waals surface area contributed by atoms with E-state index in [-0.39, 0.29) is 35.7 Å². The summed E-state index contributed by atoms with van der Waals surface area (Å²) in [5, 5.41) is 2.28. The molecule has 1 saturated heterocycles. The number of hydrogen-bond acceptors (Lipinski definition) is 5. The molecule has 1 aromatic carbocycles. The topological polar surface area (TPSA) is 102 Å². The maximum absolute atomic E-state index is 14.0. The van der Waals surface area contributed by atoms with Gasteiger partial charge in [-0.2, -0.15) is 0 Å². The number of benzene rings is 1. The molecule has 176 valence electrons. The van der Waals surface area contributed by atoms with Gasteiger partial charge in [0, 0.05) is 18.4 Å². The molecular formula is C23H31FN2O5S. The summed E-state index contributed by atoms with van der Waals surface area (Å²) in [5.41, 5.74) is 0.670. The van der Waals surface area contributed by atoms with Crippen LogP contribution in [0.25, 0.3) is 0 Å². The summed E-state index contributed by atoms with van der Waals surface area (Å²) in [6.45, 7) is 2.35. The highest BCUT2D eigenvalue weighted by Crippen LogP contribution is 2.31. The Labute approximate surface area is 188 Å². The first-order valence-electron chi connectivity index (χ1n) is 11.2. The van der Waals surface area contributed by atoms with Gasteiger partial charge in [-0.1, -0.05) is 25.1 Å². The van der Waals surface area contributed by atoms with Gasteiger partial charge in [0.25, 0.3) is 0 Å². The maximum Gasteiger partial charge on any atom is 0.230 e. The quantitative estimate of drug-likeness (QED) is 0.343. The molecule has 32 heavy (non-hydrogen) atoms. The first kappa shape index (κ1) is 24.4. The maximum atomic E-state index is 14.0. The lowest BCUT2D eigenvalue weighted by molar-refractivity contribution is -0.125. The van der Waals surface area contributed by atoms with Crippen molar-refractivity contribution in [3.05, 3.63) is 41.7 Å². The van der Waals surface area contributed by atoms with Crippen LogP contribution in [-0.2, 0) is 19.6 Å². The smallest absolute Gasteiger partial charge is 0.230 e. The molecule has 1 unspecified atom stereocenters. The molecule has 0 spiro atoms. The minimum Gasteiger partial charge on any atom is -0.490 e. The van der Waals surface area contributed by atoms with Crippen LogP contribution < -0.4 is 14.8 Å². The van der Waals surface area contributed by atoms with Crippen molar-refractivity contribution >= 4 is 21.8 Å². The molecular weight excluding hydrogens is 435 g/mol. The summed E-state index contributed by atoms with van der Waals surface area (Å²) in [7, 11) is -3.54. The number of carbonyl (C=O) groups excluding carboxylic acids is 2. The number of ether oxygens (including phenoxy) is 1. The van der Waals surface area contributed by atoms with Gasteiger partial charge in [0.1, 0.15) is 0 Å². The van der Waals surface area contributed by atoms with E-state index in [2.05, 4.69) is 10.0 Å². The van der Waals surface area contributed by atoms with Crippen molar-refractivity contribution in [1.29, 1.82) is 0 Å². The predicted octanol–water partition coefficient (Wildman–Crippen LogP) is 3.37. The van der Waals surface area contributed by atoms with E-state index in [1.807, 2.05) is 13.0 Å². The van der Waals surface area contributed by atoms with Crippen molar-refractivity contribution in [2.24, 2.45) is 11.8 Å². The molecule has 9 heteroatoms. The zero-order chi connectivity index (χ0) is 23.1. The highest BCUT2D eigenvalue weighted by atomic mass is 32.2. The van der Waals surface area contributed by atoms with E-state index in [1.54, 1.807) is 18.2 Å². The molecule has 0 radical (unpaired) electrons. The molecule has 2 N–H and O–H groups in total. The van der Waals surface area contributed by atoms with Crippen molar-refractivity contribution in [1.82, 2.24) is 10.0 Å². The Bertz CT molecular complexity index is 959. The monoisotopic (exact) mass is 466 g/mol. The van der Waals surface area contributed by atoms with E-state index in [9.17, 15) is 22.4 Å². The van der Waals surface area contributed by atoms with Crippen LogP contribution in [0.3, 0.4) is 0 Å². The van der Waals surface area contributed by atoms with Crippen LogP contribution in [-0.4, -0.2) is 32.6 Å². The molecule has 0 bridgehead atoms. The number of nitrogens with one attached hydrogen (secondary N) is 2. The van der Waals surface area contributed by atoms with Crippen LogP contribution in [0, 0.1) is 17.7 Å². The summed E-state index contributed by atoms with van der Waals surface area (Å²) in [4.78, 5) is 22.7. The van der Waals surface area contributed by atoms with Crippen molar-refractivity contribution in [3.63, 3.8) is 0 Å². The number of rotatable bonds is 13. The molecule has 2 fully saturated rings. The Hall–Kier alpha value is -2.26. The Balaban J connectivity index is 1.46. The molecule has 3 rings (SSSR count). The van der Waals surface area contributed by atoms with E-state index >= 15 is 0 Å². The number of sulfonamides is 1. The van der Waals surface area contributed by atoms with Crippen LogP contribution in [0.1, 0.15) is 63.5 Å². The van der Waals surface area contributed by atoms with E-state index < -0.39 is 21.9 Å². The largest absolute Gasteiger partial charge is 0.490 e. The fourth-order valence-corrected chi connectivity index (χ4v) is 4.90. The summed E-state index contributed by atoms with van der Waals surface area (Å²) >= 11 is 0. The van der Waals surface area contributed by atoms with Gasteiger partial charge >= 0.3 is 0 Å². The standard InChI is InChI=1S/C23H31FN2O5S/c1-2-20(17-10-11-19(24)21(13-17)31-15-16-8-9-16)26-32(29,30)12-6-4-3-5-7-18-14-22(27)25-23(18)28/h3-4,10-11,13,16,18,20,26H,2,5-9,12,14-15H2,1H3,(H,25,27,28)/b4-3+/t18?,20-/m1/s1. The zero-order valence-corrected chi connectivity index (χ0v) is 19.1. The first-order valence-corrected chi connectivity index (χ1v) is 12.8. The van der Waals surface area contributed by atoms with Crippen LogP contribution in [0.5, 0.6) is 5.75 Å². The van der Waals surface area contributed by atoms with Gasteiger partial charge in [-0.25, -0.2) is 17.5 Å². The Morgan fingerprint density at radius 1 is 1.25 bits per heavy atom. The van der Waals surface area contributed by atoms with Crippen molar-refractivity contribution in [2.75, 3.05) is 12.4 Å². The lowest BCUT2D eigenvalue weighted by Crippen LogP contribution is -2.30. The van der Waals surface area contributed by atoms with E-state index in [0.29, 0.717) is 43.8 Å². The van der Waals surface area contributed by atoms with Crippen LogP contribution in [0.2, 0.25) is 0 Å². The average molecular weight is 467 g/mol. The van der Waals surface area contributed by atoms with Gasteiger partial charge in [-0.05, 0) is 62.1 Å². The average Bonchev–Trinajstić information content (AvgIpc) is 3.51. The third kappa shape index (κ3) is 7.41. The second kappa shape index (κ2) is 11.0. The Morgan fingerprint density at radius 3 is 2.66 bits per heavy atom. The zero-order valence-electron chi connectivity index (χ0n) is 18.3. The molecule has 7 nitrogen and oxygen atoms in total. The summed E-state index contributed by atoms with van der Waals surface area (Å²) in [6, 6.07) is 4.01. The second-order valence-electron chi connectivity index (χ2n) is 8.49. The predicted molar refractivity (Wildman–Crippen MR) is 119 cm³/mol. The third-order valence-corrected chi connectivity index (χ3v) is 7.14. The number of halogens is 1. The van der Waals surface area contributed by atoms with E-state index in [0.717, 1.165) is 12.8 Å². The summed E-state index contributed by atoms with van der Waals surface area (Å²) < 4.78 is 47.4. The van der Waals surface area contributed by atoms with Crippen molar-refractivity contribution in [3.8, 4) is 5.75 Å². The minimum atomic E-state index is -3.54. The molecule has 1 aliphatic heterocycles. The molecule has 1 heterocycles. The fraction of sp³-hybridized carbons (Fsp3) is 0.565. The van der Waals surface area contributed by atoms with Crippen molar-refractivity contribution in [2.45, 2.75) is 57.9 Å². The molecule has 2 aliphatic rings. The van der Waals surface area contributed by atoms with Gasteiger partial charge in [0.15, 0.2) is 11.6 Å². The Kier molecular flexibility index (Phi) is 8.42. The Morgan fingerprint density at radius 2 is 2.00 bits per heavy atom. The van der Waals surface area contributed by atoms with Crippen molar-refractivity contribution < 1.29 is 27.1 Å². The molecule has 0 aromatic heterocycles. The molecule has 1 aliphatic carbocycles. The number of allylic oxidation sites excluding steroid dienone is 2. The van der Waals surface area contributed by atoms with Gasteiger partial charge in [0.2, 0.25) is 21.8 Å². The van der Waals surface area contributed by atoms with Gasteiger partial charge in [-0.15, -0.1) is 0 Å². The lowest BCUT2D eigenvalue weighted by atomic mass is 10.0. The van der Waals surface area contributed by atoms with Gasteiger partial charge < -0.3 is 4.74 Å². The number of carbonyl (C=O) groups is 2. The fourth-order valence-electron chi connectivity index (χ4n) is 3.60. The van der Waals surface area contributed by atoms with Crippen LogP contribution in [0.4, 0.5) is 4.39 Å². The van der Waals surface area contributed by atoms with E-state index in [4.69, 9.17) is 4.74 Å². The van der Waals surface area contributed by atoms with Gasteiger partial charge in [-0.3, -0.25) is 14.9 Å². The summed E-state index contributed by atoms with van der Waals surface area (Å²) in [5.74, 6) is -0.642. The molecule has 1 aromatic rings. The number of amides is 2. The minimum absolute atomic E-state index is 0.0748. The highest BCUT2D eigenvalue weighted by molar-refractivity contribution is 7.89. The molecule has 2 atom stereocenters. The number of hydrogen-bond donors (Lipinski definition) is 2. The summed E-state index contributed by atoms with van der Waals surface area (Å²) in [6.07, 6.45) is 8.06. The molecule has 1 saturated carbocycles. The normalized spacial score (nSPS) is 20.0.